The van der Waals surface area contributed by atoms with Gasteiger partial charge in [0.1, 0.15) is 12.1 Å². The van der Waals surface area contributed by atoms with Crippen LogP contribution in [0.25, 0.3) is 10.9 Å². The first-order chi connectivity index (χ1) is 9.63. The summed E-state index contributed by atoms with van der Waals surface area (Å²) in [4.78, 5) is 11.7. The number of nitrogens with zero attached hydrogens (tertiary/aromatic N) is 3. The predicted octanol–water partition coefficient (Wildman–Crippen LogP) is 4.32. The number of nitrogens with one attached hydrogen (secondary N) is 1. The highest BCUT2D eigenvalue weighted by Gasteiger charge is 2.07. The molecule has 1 aromatic carbocycles. The van der Waals surface area contributed by atoms with Gasteiger partial charge in [0.15, 0.2) is 0 Å². The molecule has 100 valence electrons. The summed E-state index contributed by atoms with van der Waals surface area (Å²) in [6.07, 6.45) is 2.77. The van der Waals surface area contributed by atoms with Crippen LogP contribution in [0.2, 0.25) is 5.02 Å². The van der Waals surface area contributed by atoms with E-state index in [1.807, 2.05) is 6.07 Å². The van der Waals surface area contributed by atoms with Gasteiger partial charge in [-0.2, -0.15) is 4.39 Å². The minimum atomic E-state index is -0.576. The maximum atomic E-state index is 13.3. The van der Waals surface area contributed by atoms with E-state index in [2.05, 4.69) is 36.2 Å². The largest absolute Gasteiger partial charge is 0.340 e. The quantitative estimate of drug-likeness (QED) is 0.697. The Kier molecular flexibility index (Phi) is 3.50. The van der Waals surface area contributed by atoms with Crippen molar-refractivity contribution < 1.29 is 4.39 Å². The summed E-state index contributed by atoms with van der Waals surface area (Å²) in [5.74, 6) is -0.0711. The van der Waals surface area contributed by atoms with Crippen molar-refractivity contribution in [1.82, 2.24) is 15.0 Å². The summed E-state index contributed by atoms with van der Waals surface area (Å²) in [5, 5.41) is 4.28. The van der Waals surface area contributed by atoms with Gasteiger partial charge in [0.2, 0.25) is 5.95 Å². The van der Waals surface area contributed by atoms with Crippen LogP contribution in [0.1, 0.15) is 0 Å². The first kappa shape index (κ1) is 13.2. The van der Waals surface area contributed by atoms with E-state index in [0.717, 1.165) is 10.2 Å². The smallest absolute Gasteiger partial charge is 0.213 e. The van der Waals surface area contributed by atoms with E-state index >= 15 is 0 Å². The van der Waals surface area contributed by atoms with E-state index in [1.165, 1.54) is 18.6 Å². The second-order valence-corrected chi connectivity index (χ2v) is 5.26. The van der Waals surface area contributed by atoms with Crippen LogP contribution in [0.3, 0.4) is 0 Å². The summed E-state index contributed by atoms with van der Waals surface area (Å²) in [6.45, 7) is 0. The molecule has 0 radical (unpaired) electrons. The van der Waals surface area contributed by atoms with Crippen LogP contribution in [-0.4, -0.2) is 15.0 Å². The summed E-state index contributed by atoms with van der Waals surface area (Å²) < 4.78 is 14.0. The Morgan fingerprint density at radius 1 is 1.15 bits per heavy atom. The number of fused-ring (bicyclic) bond motifs is 1. The van der Waals surface area contributed by atoms with Crippen LogP contribution in [0, 0.1) is 5.95 Å². The van der Waals surface area contributed by atoms with E-state index in [4.69, 9.17) is 11.6 Å². The Labute approximate surface area is 127 Å². The second kappa shape index (κ2) is 5.30. The molecule has 0 saturated carbocycles. The van der Waals surface area contributed by atoms with Gasteiger partial charge in [0.05, 0.1) is 16.7 Å². The molecule has 0 aliphatic rings. The average Bonchev–Trinajstić information content (AvgIpc) is 2.44. The van der Waals surface area contributed by atoms with E-state index < -0.39 is 5.95 Å². The fourth-order valence-electron chi connectivity index (χ4n) is 1.74. The molecule has 2 heterocycles. The molecule has 4 nitrogen and oxygen atoms in total. The second-order valence-electron chi connectivity index (χ2n) is 4.00. The lowest BCUT2D eigenvalue weighted by Gasteiger charge is -2.09. The predicted molar refractivity (Wildman–Crippen MR) is 79.7 cm³/mol. The summed E-state index contributed by atoms with van der Waals surface area (Å²) in [7, 11) is 0. The van der Waals surface area contributed by atoms with Crippen molar-refractivity contribution in [2.45, 2.75) is 0 Å². The van der Waals surface area contributed by atoms with Gasteiger partial charge in [0.25, 0.3) is 0 Å². The van der Waals surface area contributed by atoms with E-state index in [-0.39, 0.29) is 0 Å². The molecule has 3 rings (SSSR count). The molecule has 0 amide bonds. The molecule has 0 aliphatic carbocycles. The number of halogens is 3. The Morgan fingerprint density at radius 2 is 2.00 bits per heavy atom. The van der Waals surface area contributed by atoms with Crippen molar-refractivity contribution in [3.8, 4) is 0 Å². The van der Waals surface area contributed by atoms with Crippen LogP contribution in [-0.2, 0) is 0 Å². The van der Waals surface area contributed by atoms with Crippen LogP contribution < -0.4 is 5.32 Å². The normalized spacial score (nSPS) is 10.8. The average molecular weight is 354 g/mol. The number of pyridine rings is 1. The fraction of sp³-hybridized carbons (Fsp3) is 0. The van der Waals surface area contributed by atoms with Crippen molar-refractivity contribution in [2.75, 3.05) is 5.32 Å². The zero-order valence-electron chi connectivity index (χ0n) is 9.94. The molecule has 0 spiro atoms. The SMILES string of the molecule is Fc1cc2c(Nc3ccc(Cl)c(Br)c3)ncnc2cn1. The number of rotatable bonds is 2. The maximum Gasteiger partial charge on any atom is 0.213 e. The molecule has 2 aromatic heterocycles. The maximum absolute atomic E-state index is 13.3. The molecule has 7 heteroatoms. The molecule has 0 fully saturated rings. The molecule has 0 aliphatic heterocycles. The first-order valence-corrected chi connectivity index (χ1v) is 6.79. The number of hydrogen-bond acceptors (Lipinski definition) is 4. The van der Waals surface area contributed by atoms with Crippen molar-refractivity contribution in [3.63, 3.8) is 0 Å². The van der Waals surface area contributed by atoms with E-state index in [1.54, 1.807) is 12.1 Å². The standard InChI is InChI=1S/C13H7BrClFN4/c14-9-3-7(1-2-10(9)15)20-13-8-4-12(16)17-5-11(8)18-6-19-13/h1-6H,(H,18,19,20). The molecule has 0 unspecified atom stereocenters. The van der Waals surface area contributed by atoms with Crippen molar-refractivity contribution in [3.05, 3.63) is 52.2 Å². The Morgan fingerprint density at radius 3 is 2.80 bits per heavy atom. The van der Waals surface area contributed by atoms with Gasteiger partial charge in [-0.1, -0.05) is 11.6 Å². The molecule has 1 N–H and O–H groups in total. The van der Waals surface area contributed by atoms with Gasteiger partial charge in [-0.25, -0.2) is 15.0 Å². The van der Waals surface area contributed by atoms with Gasteiger partial charge in [0, 0.05) is 21.6 Å². The lowest BCUT2D eigenvalue weighted by molar-refractivity contribution is 0.586. The van der Waals surface area contributed by atoms with Gasteiger partial charge >= 0.3 is 0 Å². The third-order valence-corrected chi connectivity index (χ3v) is 3.88. The minimum absolute atomic E-state index is 0.505. The highest BCUT2D eigenvalue weighted by atomic mass is 79.9. The minimum Gasteiger partial charge on any atom is -0.340 e. The van der Waals surface area contributed by atoms with Gasteiger partial charge in [-0.3, -0.25) is 0 Å². The van der Waals surface area contributed by atoms with Gasteiger partial charge in [-0.05, 0) is 34.1 Å². The summed E-state index contributed by atoms with van der Waals surface area (Å²) >= 11 is 9.29. The lowest BCUT2D eigenvalue weighted by Crippen LogP contribution is -1.97. The third kappa shape index (κ3) is 2.57. The topological polar surface area (TPSA) is 50.7 Å². The van der Waals surface area contributed by atoms with Crippen LogP contribution in [0.15, 0.2) is 41.3 Å². The Bertz CT molecular complexity index is 796. The molecule has 0 bridgehead atoms. The highest BCUT2D eigenvalue weighted by Crippen LogP contribution is 2.28. The number of benzene rings is 1. The summed E-state index contributed by atoms with van der Waals surface area (Å²) in [5.41, 5.74) is 1.34. The van der Waals surface area contributed by atoms with Gasteiger partial charge in [-0.15, -0.1) is 0 Å². The Balaban J connectivity index is 2.05. The fourth-order valence-corrected chi connectivity index (χ4v) is 2.24. The van der Waals surface area contributed by atoms with Crippen LogP contribution >= 0.6 is 27.5 Å². The molecule has 3 aromatic rings. The molecule has 0 saturated heterocycles. The zero-order valence-corrected chi connectivity index (χ0v) is 12.3. The zero-order chi connectivity index (χ0) is 14.1. The highest BCUT2D eigenvalue weighted by molar-refractivity contribution is 9.10. The van der Waals surface area contributed by atoms with E-state index in [9.17, 15) is 4.39 Å². The Hall–Kier alpha value is -1.79. The van der Waals surface area contributed by atoms with Crippen LogP contribution in [0.4, 0.5) is 15.9 Å². The first-order valence-electron chi connectivity index (χ1n) is 5.62. The third-order valence-electron chi connectivity index (χ3n) is 2.67. The van der Waals surface area contributed by atoms with Crippen molar-refractivity contribution in [1.29, 1.82) is 0 Å². The van der Waals surface area contributed by atoms with Crippen LogP contribution in [0.5, 0.6) is 0 Å². The number of anilines is 2. The molecule has 20 heavy (non-hydrogen) atoms. The lowest BCUT2D eigenvalue weighted by atomic mass is 10.2. The number of hydrogen-bond donors (Lipinski definition) is 1. The van der Waals surface area contributed by atoms with E-state index in [0.29, 0.717) is 21.7 Å². The number of aromatic nitrogens is 3. The van der Waals surface area contributed by atoms with Crippen molar-refractivity contribution in [2.24, 2.45) is 0 Å². The van der Waals surface area contributed by atoms with Gasteiger partial charge < -0.3 is 5.32 Å². The molecule has 0 atom stereocenters. The molecular weight excluding hydrogens is 347 g/mol. The summed E-state index contributed by atoms with van der Waals surface area (Å²) in [6, 6.07) is 6.66. The monoisotopic (exact) mass is 352 g/mol. The molecular formula is C13H7BrClFN4. The van der Waals surface area contributed by atoms with Crippen molar-refractivity contribution >= 4 is 49.9 Å².